The van der Waals surface area contributed by atoms with Crippen molar-refractivity contribution in [1.82, 2.24) is 0 Å². The highest BCUT2D eigenvalue weighted by Gasteiger charge is 2.19. The Morgan fingerprint density at radius 2 is 0.290 bits per heavy atom. The predicted molar refractivity (Wildman–Crippen MR) is 622 cm³/mol. The molecule has 3 aromatic rings. The molecule has 4 nitrogen and oxygen atoms in total. The van der Waals surface area contributed by atoms with E-state index in [0.717, 1.165) is 60.6 Å². The molecule has 0 saturated carbocycles. The van der Waals surface area contributed by atoms with Crippen molar-refractivity contribution in [2.75, 3.05) is 26.4 Å². The molecule has 802 valence electrons. The molecule has 0 saturated heterocycles. The Kier molecular flexibility index (Phi) is 96.2. The first kappa shape index (κ1) is 128. The molecule has 0 N–H and O–H groups in total. The quantitative estimate of drug-likeness (QED) is 0.0417. The summed E-state index contributed by atoms with van der Waals surface area (Å²) in [6, 6.07) is 23.0. The SMILES string of the molecule is CCCCCCCCCCCCCCC(CCCCCCCCCCCC)COc1ccc(/C=C/c2ccc(/C=C/c3ccc(OCC(CCCCCCCCCCCC)CCCCCCCCCCCCCC)cc3OCC(CCCCCCCCCCCC)CCCCCCCCCCCCCC)cc2)c(OCC(CCCCCCCCCCCC)CCCCCCCCCCCCCC)c1. The molecular weight excluding hydrogens is 1670 g/mol. The summed E-state index contributed by atoms with van der Waals surface area (Å²) in [7, 11) is 0. The van der Waals surface area contributed by atoms with Gasteiger partial charge < -0.3 is 18.9 Å². The summed E-state index contributed by atoms with van der Waals surface area (Å²) in [6.07, 6.45) is 142. The average Bonchev–Trinajstić information content (AvgIpc) is 0.850. The molecule has 0 spiro atoms. The number of ether oxygens (including phenoxy) is 4. The van der Waals surface area contributed by atoms with Crippen molar-refractivity contribution in [1.29, 1.82) is 0 Å². The zero-order chi connectivity index (χ0) is 98.4. The molecule has 0 aromatic heterocycles. The highest BCUT2D eigenvalue weighted by atomic mass is 16.5. The first-order valence-corrected chi connectivity index (χ1v) is 63.6. The molecule has 0 bridgehead atoms. The van der Waals surface area contributed by atoms with Gasteiger partial charge in [-0.1, -0.05) is 669 Å². The zero-order valence-electron chi connectivity index (χ0n) is 94.7. The fourth-order valence-corrected chi connectivity index (χ4v) is 21.7. The second kappa shape index (κ2) is 103. The Hall–Kier alpha value is -3.66. The van der Waals surface area contributed by atoms with E-state index >= 15 is 0 Å². The lowest BCUT2D eigenvalue weighted by molar-refractivity contribution is 0.214. The van der Waals surface area contributed by atoms with Crippen LogP contribution < -0.4 is 18.9 Å². The third kappa shape index (κ3) is 82.5. The van der Waals surface area contributed by atoms with E-state index in [1.165, 1.54) is 628 Å². The van der Waals surface area contributed by atoms with Crippen LogP contribution in [0.3, 0.4) is 0 Å². The molecular formula is C134H242O4. The van der Waals surface area contributed by atoms with E-state index in [0.29, 0.717) is 23.7 Å². The second-order valence-corrected chi connectivity index (χ2v) is 45.0. The van der Waals surface area contributed by atoms with Crippen molar-refractivity contribution in [3.63, 3.8) is 0 Å². The summed E-state index contributed by atoms with van der Waals surface area (Å²) in [4.78, 5) is 0. The zero-order valence-corrected chi connectivity index (χ0v) is 94.7. The topological polar surface area (TPSA) is 36.9 Å². The molecule has 0 amide bonds. The molecule has 0 aliphatic rings. The van der Waals surface area contributed by atoms with Crippen molar-refractivity contribution < 1.29 is 18.9 Å². The van der Waals surface area contributed by atoms with Gasteiger partial charge in [0.15, 0.2) is 0 Å². The van der Waals surface area contributed by atoms with Crippen molar-refractivity contribution >= 4 is 24.3 Å². The van der Waals surface area contributed by atoms with Crippen LogP contribution in [0.15, 0.2) is 60.7 Å². The number of hydrogen-bond acceptors (Lipinski definition) is 4. The smallest absolute Gasteiger partial charge is 0.130 e. The van der Waals surface area contributed by atoms with E-state index in [1.807, 2.05) is 0 Å². The van der Waals surface area contributed by atoms with Gasteiger partial charge in [-0.05, 0) is 110 Å². The molecule has 4 heteroatoms. The van der Waals surface area contributed by atoms with Crippen molar-refractivity contribution in [3.05, 3.63) is 82.9 Å². The number of benzene rings is 3. The Morgan fingerprint density at radius 3 is 0.442 bits per heavy atom. The Bertz CT molecular complexity index is 2760. The van der Waals surface area contributed by atoms with Gasteiger partial charge in [-0.15, -0.1) is 0 Å². The Labute approximate surface area is 865 Å². The van der Waals surface area contributed by atoms with Crippen LogP contribution in [-0.2, 0) is 0 Å². The van der Waals surface area contributed by atoms with E-state index in [2.05, 4.69) is 140 Å². The van der Waals surface area contributed by atoms with Gasteiger partial charge in [0, 0.05) is 23.3 Å². The fourth-order valence-electron chi connectivity index (χ4n) is 21.7. The molecule has 0 fully saturated rings. The van der Waals surface area contributed by atoms with E-state index in [4.69, 9.17) is 18.9 Å². The van der Waals surface area contributed by atoms with Crippen LogP contribution in [-0.4, -0.2) is 26.4 Å². The molecule has 3 aromatic carbocycles. The normalized spacial score (nSPS) is 12.8. The molecule has 0 aliphatic heterocycles. The molecule has 0 radical (unpaired) electrons. The van der Waals surface area contributed by atoms with E-state index in [9.17, 15) is 0 Å². The van der Waals surface area contributed by atoms with Crippen LogP contribution in [0.2, 0.25) is 0 Å². The van der Waals surface area contributed by atoms with Crippen LogP contribution in [0, 0.1) is 23.7 Å². The average molecular weight is 1920 g/mol. The van der Waals surface area contributed by atoms with E-state index in [-0.39, 0.29) is 0 Å². The second-order valence-electron chi connectivity index (χ2n) is 45.0. The molecule has 4 unspecified atom stereocenters. The maximum atomic E-state index is 7.30. The van der Waals surface area contributed by atoms with E-state index < -0.39 is 0 Å². The van der Waals surface area contributed by atoms with Gasteiger partial charge in [-0.25, -0.2) is 0 Å². The van der Waals surface area contributed by atoms with Crippen LogP contribution in [0.5, 0.6) is 23.0 Å². The van der Waals surface area contributed by atoms with Crippen LogP contribution in [0.1, 0.15) is 694 Å². The summed E-state index contributed by atoms with van der Waals surface area (Å²) in [6.45, 7) is 21.9. The highest BCUT2D eigenvalue weighted by molar-refractivity contribution is 5.76. The van der Waals surface area contributed by atoms with Gasteiger partial charge in [0.05, 0.1) is 26.4 Å². The third-order valence-electron chi connectivity index (χ3n) is 31.5. The summed E-state index contributed by atoms with van der Waals surface area (Å²) < 4.78 is 28.7. The summed E-state index contributed by atoms with van der Waals surface area (Å²) in [5, 5.41) is 0. The number of hydrogen-bond donors (Lipinski definition) is 0. The van der Waals surface area contributed by atoms with Gasteiger partial charge in [-0.3, -0.25) is 0 Å². The lowest BCUT2D eigenvalue weighted by Crippen LogP contribution is -2.14. The standard InChI is InChI=1S/C134H242O4/c1-9-17-25-33-41-49-57-61-69-77-83-91-99-125(97-89-81-73-65-53-45-37-29-21-13-5)119-135-131-115-113-129(133(117-131)137-121-127(101-93-85-75-67-55-47-39-31-23-15-7)103-95-87-79-71-63-59-51-43-35-27-19-11-3)111-109-123-105-107-124(108-106-123)110-112-130-114-116-132(136-120-126(98-90-82-74-66-54-46-38-30-22-14-6)100-92-84-78-70-62-58-50-42-34-26-18-10-2)118-134(130)138-122-128(102-94-86-76-68-56-48-40-32-24-16-8)104-96-88-80-72-64-60-52-44-36-28-20-12-4/h105-118,125-128H,9-104,119-122H2,1-8H3/b111-109+,112-110+. The molecule has 138 heavy (non-hydrogen) atoms. The minimum Gasteiger partial charge on any atom is -0.493 e. The maximum Gasteiger partial charge on any atom is 0.130 e. The monoisotopic (exact) mass is 1920 g/mol. The van der Waals surface area contributed by atoms with Crippen LogP contribution in [0.25, 0.3) is 24.3 Å². The molecule has 0 aliphatic carbocycles. The van der Waals surface area contributed by atoms with Crippen LogP contribution in [0.4, 0.5) is 0 Å². The van der Waals surface area contributed by atoms with Gasteiger partial charge in [0.25, 0.3) is 0 Å². The number of rotatable bonds is 112. The molecule has 3 rings (SSSR count). The summed E-state index contributed by atoms with van der Waals surface area (Å²) in [5.41, 5.74) is 4.71. The van der Waals surface area contributed by atoms with Gasteiger partial charge in [0.2, 0.25) is 0 Å². The minimum absolute atomic E-state index is 0.560. The highest BCUT2D eigenvalue weighted by Crippen LogP contribution is 2.35. The summed E-state index contributed by atoms with van der Waals surface area (Å²) >= 11 is 0. The predicted octanol–water partition coefficient (Wildman–Crippen LogP) is 47.6. The minimum atomic E-state index is 0.560. The molecule has 0 heterocycles. The van der Waals surface area contributed by atoms with Gasteiger partial charge in [-0.2, -0.15) is 0 Å². The first-order valence-electron chi connectivity index (χ1n) is 63.6. The Balaban J connectivity index is 2.04. The number of unbranched alkanes of at least 4 members (excludes halogenated alkanes) is 80. The summed E-state index contributed by atoms with van der Waals surface area (Å²) in [5.74, 6) is 6.23. The van der Waals surface area contributed by atoms with Crippen molar-refractivity contribution in [2.24, 2.45) is 23.7 Å². The van der Waals surface area contributed by atoms with Gasteiger partial charge >= 0.3 is 0 Å². The lowest BCUT2D eigenvalue weighted by Gasteiger charge is -2.21. The fraction of sp³-hybridized carbons (Fsp3) is 0.836. The van der Waals surface area contributed by atoms with Gasteiger partial charge in [0.1, 0.15) is 23.0 Å². The molecule has 4 atom stereocenters. The Morgan fingerprint density at radius 1 is 0.152 bits per heavy atom. The van der Waals surface area contributed by atoms with Crippen LogP contribution >= 0.6 is 0 Å². The van der Waals surface area contributed by atoms with Crippen molar-refractivity contribution in [3.8, 4) is 23.0 Å². The van der Waals surface area contributed by atoms with Crippen molar-refractivity contribution in [2.45, 2.75) is 672 Å². The maximum absolute atomic E-state index is 7.30. The largest absolute Gasteiger partial charge is 0.493 e. The third-order valence-corrected chi connectivity index (χ3v) is 31.5. The van der Waals surface area contributed by atoms with E-state index in [1.54, 1.807) is 0 Å². The lowest BCUT2D eigenvalue weighted by atomic mass is 9.94. The first-order chi connectivity index (χ1) is 68.4.